The zero-order valence-corrected chi connectivity index (χ0v) is 14.2. The van der Waals surface area contributed by atoms with Gasteiger partial charge in [0.15, 0.2) is 0 Å². The predicted molar refractivity (Wildman–Crippen MR) is 93.4 cm³/mol. The third-order valence-corrected chi connectivity index (χ3v) is 4.31. The predicted octanol–water partition coefficient (Wildman–Crippen LogP) is 3.22. The minimum Gasteiger partial charge on any atom is -0.497 e. The standard InChI is InChI=1S/C20H21NO4/c1-24-18-9-5-8-16(13-18)10-11-19(22)21-17(14-25-20(21)23)12-15-6-3-2-4-7-15/h2-9,13,17H,10-12,14H2,1H3. The van der Waals surface area contributed by atoms with Crippen molar-refractivity contribution in [2.45, 2.75) is 25.3 Å². The van der Waals surface area contributed by atoms with Gasteiger partial charge >= 0.3 is 6.09 Å². The highest BCUT2D eigenvalue weighted by Crippen LogP contribution is 2.20. The van der Waals surface area contributed by atoms with E-state index in [9.17, 15) is 9.59 Å². The number of hydrogen-bond acceptors (Lipinski definition) is 4. The third kappa shape index (κ3) is 4.18. The average molecular weight is 339 g/mol. The molecule has 25 heavy (non-hydrogen) atoms. The van der Waals surface area contributed by atoms with E-state index in [2.05, 4.69) is 0 Å². The summed E-state index contributed by atoms with van der Waals surface area (Å²) in [5.74, 6) is 0.554. The van der Waals surface area contributed by atoms with Gasteiger partial charge in [-0.2, -0.15) is 0 Å². The van der Waals surface area contributed by atoms with Gasteiger partial charge < -0.3 is 9.47 Å². The minimum atomic E-state index is -0.545. The first-order chi connectivity index (χ1) is 12.2. The molecular weight excluding hydrogens is 318 g/mol. The van der Waals surface area contributed by atoms with Gasteiger partial charge in [0.25, 0.3) is 0 Å². The molecule has 0 spiro atoms. The summed E-state index contributed by atoms with van der Waals surface area (Å²) in [6.45, 7) is 0.249. The molecule has 0 bridgehead atoms. The van der Waals surface area contributed by atoms with Crippen molar-refractivity contribution in [1.82, 2.24) is 4.90 Å². The second-order valence-corrected chi connectivity index (χ2v) is 6.04. The van der Waals surface area contributed by atoms with Gasteiger partial charge in [0.05, 0.1) is 13.2 Å². The molecule has 3 rings (SSSR count). The lowest BCUT2D eigenvalue weighted by molar-refractivity contribution is -0.129. The van der Waals surface area contributed by atoms with Crippen molar-refractivity contribution in [3.8, 4) is 5.75 Å². The summed E-state index contributed by atoms with van der Waals surface area (Å²) < 4.78 is 10.3. The maximum atomic E-state index is 12.6. The Morgan fingerprint density at radius 3 is 2.68 bits per heavy atom. The Morgan fingerprint density at radius 1 is 1.16 bits per heavy atom. The number of carbonyl (C=O) groups is 2. The molecule has 1 aliphatic rings. The molecule has 1 unspecified atom stereocenters. The Labute approximate surface area is 147 Å². The van der Waals surface area contributed by atoms with E-state index in [1.54, 1.807) is 7.11 Å². The first-order valence-corrected chi connectivity index (χ1v) is 8.33. The minimum absolute atomic E-state index is 0.203. The van der Waals surface area contributed by atoms with Crippen LogP contribution in [0.25, 0.3) is 0 Å². The molecule has 5 nitrogen and oxygen atoms in total. The average Bonchev–Trinajstić information content (AvgIpc) is 3.01. The first kappa shape index (κ1) is 17.0. The van der Waals surface area contributed by atoms with Crippen LogP contribution in [0.15, 0.2) is 54.6 Å². The number of cyclic esters (lactones) is 1. The number of ether oxygens (including phenoxy) is 2. The van der Waals surface area contributed by atoms with Gasteiger partial charge in [0, 0.05) is 6.42 Å². The molecule has 0 aliphatic carbocycles. The number of aryl methyl sites for hydroxylation is 1. The number of hydrogen-bond donors (Lipinski definition) is 0. The number of methoxy groups -OCH3 is 1. The molecule has 0 saturated carbocycles. The van der Waals surface area contributed by atoms with Gasteiger partial charge in [-0.15, -0.1) is 0 Å². The van der Waals surface area contributed by atoms with Crippen LogP contribution >= 0.6 is 0 Å². The summed E-state index contributed by atoms with van der Waals surface area (Å²) in [6.07, 6.45) is 0.875. The molecule has 2 aromatic carbocycles. The topological polar surface area (TPSA) is 55.8 Å². The molecule has 1 saturated heterocycles. The molecule has 1 aliphatic heterocycles. The Kier molecular flexibility index (Phi) is 5.33. The van der Waals surface area contributed by atoms with E-state index in [-0.39, 0.29) is 25.0 Å². The van der Waals surface area contributed by atoms with Gasteiger partial charge in [-0.25, -0.2) is 9.69 Å². The molecule has 2 amide bonds. The zero-order valence-electron chi connectivity index (χ0n) is 14.2. The summed E-state index contributed by atoms with van der Waals surface area (Å²) in [4.78, 5) is 25.8. The molecule has 1 heterocycles. The number of amides is 2. The van der Waals surface area contributed by atoms with Crippen LogP contribution in [0.3, 0.4) is 0 Å². The Morgan fingerprint density at radius 2 is 1.92 bits per heavy atom. The SMILES string of the molecule is COc1cccc(CCC(=O)N2C(=O)OCC2Cc2ccccc2)c1. The van der Waals surface area contributed by atoms with E-state index in [1.165, 1.54) is 4.90 Å². The van der Waals surface area contributed by atoms with Gasteiger partial charge in [0.1, 0.15) is 12.4 Å². The van der Waals surface area contributed by atoms with Gasteiger partial charge in [-0.3, -0.25) is 4.79 Å². The summed E-state index contributed by atoms with van der Waals surface area (Å²) in [5.41, 5.74) is 2.08. The third-order valence-electron chi connectivity index (χ3n) is 4.31. The van der Waals surface area contributed by atoms with E-state index in [1.807, 2.05) is 54.6 Å². The van der Waals surface area contributed by atoms with E-state index in [0.717, 1.165) is 16.9 Å². The summed E-state index contributed by atoms with van der Waals surface area (Å²) >= 11 is 0. The van der Waals surface area contributed by atoms with Crippen molar-refractivity contribution in [2.75, 3.05) is 13.7 Å². The molecule has 130 valence electrons. The van der Waals surface area contributed by atoms with Gasteiger partial charge in [-0.05, 0) is 36.1 Å². The summed E-state index contributed by atoms with van der Waals surface area (Å²) in [6, 6.07) is 17.2. The fourth-order valence-electron chi connectivity index (χ4n) is 3.00. The fourth-order valence-corrected chi connectivity index (χ4v) is 3.00. The van der Waals surface area contributed by atoms with Crippen LogP contribution in [0, 0.1) is 0 Å². The second kappa shape index (κ2) is 7.83. The van der Waals surface area contributed by atoms with Crippen molar-refractivity contribution in [2.24, 2.45) is 0 Å². The largest absolute Gasteiger partial charge is 0.497 e. The second-order valence-electron chi connectivity index (χ2n) is 6.04. The monoisotopic (exact) mass is 339 g/mol. The van der Waals surface area contributed by atoms with Crippen LogP contribution < -0.4 is 4.74 Å². The van der Waals surface area contributed by atoms with E-state index in [0.29, 0.717) is 12.8 Å². The Bertz CT molecular complexity index is 744. The maximum Gasteiger partial charge on any atom is 0.416 e. The number of benzene rings is 2. The molecular formula is C20H21NO4. The number of nitrogens with zero attached hydrogens (tertiary/aromatic N) is 1. The molecule has 2 aromatic rings. The van der Waals surface area contributed by atoms with Gasteiger partial charge in [0.2, 0.25) is 5.91 Å². The zero-order chi connectivity index (χ0) is 17.6. The Hall–Kier alpha value is -2.82. The van der Waals surface area contributed by atoms with Crippen LogP contribution in [0.5, 0.6) is 5.75 Å². The lowest BCUT2D eigenvalue weighted by Gasteiger charge is -2.19. The first-order valence-electron chi connectivity index (χ1n) is 8.33. The lowest BCUT2D eigenvalue weighted by Crippen LogP contribution is -2.40. The highest BCUT2D eigenvalue weighted by Gasteiger charge is 2.37. The number of rotatable bonds is 6. The van der Waals surface area contributed by atoms with Crippen molar-refractivity contribution in [1.29, 1.82) is 0 Å². The molecule has 0 N–H and O–H groups in total. The van der Waals surface area contributed by atoms with Crippen LogP contribution in [0.2, 0.25) is 0 Å². The summed E-state index contributed by atoms with van der Waals surface area (Å²) in [5, 5.41) is 0. The van der Waals surface area contributed by atoms with Crippen molar-refractivity contribution >= 4 is 12.0 Å². The fraction of sp³-hybridized carbons (Fsp3) is 0.300. The molecule has 0 aromatic heterocycles. The van der Waals surface area contributed by atoms with Crippen molar-refractivity contribution < 1.29 is 19.1 Å². The highest BCUT2D eigenvalue weighted by molar-refractivity contribution is 5.93. The number of imide groups is 1. The van der Waals surface area contributed by atoms with Crippen LogP contribution in [-0.2, 0) is 22.4 Å². The normalized spacial score (nSPS) is 16.6. The highest BCUT2D eigenvalue weighted by atomic mass is 16.6. The van der Waals surface area contributed by atoms with Gasteiger partial charge in [-0.1, -0.05) is 42.5 Å². The van der Waals surface area contributed by atoms with Crippen molar-refractivity contribution in [3.05, 3.63) is 65.7 Å². The van der Waals surface area contributed by atoms with Crippen LogP contribution in [-0.4, -0.2) is 36.7 Å². The number of carbonyl (C=O) groups excluding carboxylic acids is 2. The smallest absolute Gasteiger partial charge is 0.416 e. The Balaban J connectivity index is 1.63. The summed E-state index contributed by atoms with van der Waals surface area (Å²) in [7, 11) is 1.61. The van der Waals surface area contributed by atoms with E-state index < -0.39 is 6.09 Å². The molecule has 1 atom stereocenters. The maximum absolute atomic E-state index is 12.6. The van der Waals surface area contributed by atoms with Crippen molar-refractivity contribution in [3.63, 3.8) is 0 Å². The quantitative estimate of drug-likeness (QED) is 0.811. The lowest BCUT2D eigenvalue weighted by atomic mass is 10.0. The van der Waals surface area contributed by atoms with E-state index in [4.69, 9.17) is 9.47 Å². The molecule has 5 heteroatoms. The van der Waals surface area contributed by atoms with E-state index >= 15 is 0 Å². The van der Waals surface area contributed by atoms with Crippen LogP contribution in [0.1, 0.15) is 17.5 Å². The van der Waals surface area contributed by atoms with Crippen LogP contribution in [0.4, 0.5) is 4.79 Å². The molecule has 0 radical (unpaired) electrons. The molecule has 1 fully saturated rings.